The smallest absolute Gasteiger partial charge is 0.134 e. The molecule has 0 bridgehead atoms. The Hall–Kier alpha value is -3.14. The molecule has 0 aliphatic rings. The van der Waals surface area contributed by atoms with Gasteiger partial charge in [-0.3, -0.25) is 0 Å². The average molecular weight is 336 g/mol. The van der Waals surface area contributed by atoms with E-state index in [1.165, 1.54) is 0 Å². The molecule has 0 fully saturated rings. The van der Waals surface area contributed by atoms with E-state index in [9.17, 15) is 0 Å². The topological polar surface area (TPSA) is 36.9 Å². The van der Waals surface area contributed by atoms with Crippen LogP contribution in [0.2, 0.25) is 0 Å². The Kier molecular flexibility index (Phi) is 5.09. The summed E-state index contributed by atoms with van der Waals surface area (Å²) in [5, 5.41) is 0. The Labute approximate surface area is 147 Å². The molecule has 3 rings (SSSR count). The molecule has 4 heteroatoms. The third-order valence-electron chi connectivity index (χ3n) is 3.81. The first kappa shape index (κ1) is 16.7. The summed E-state index contributed by atoms with van der Waals surface area (Å²) in [7, 11) is 3.28. The van der Waals surface area contributed by atoms with Crippen molar-refractivity contribution in [2.45, 2.75) is 6.92 Å². The van der Waals surface area contributed by atoms with Gasteiger partial charge in [0.05, 0.1) is 14.2 Å². The fraction of sp³-hybridized carbons (Fsp3) is 0.143. The first-order valence-corrected chi connectivity index (χ1v) is 7.93. The van der Waals surface area contributed by atoms with E-state index < -0.39 is 0 Å². The standard InChI is InChI=1S/C21H20O4/c1-15-20(24-18-11-7-16(22-2)8-12-18)5-4-6-21(15)25-19-13-9-17(23-3)10-14-19/h4-14H,1-3H3. The van der Waals surface area contributed by atoms with E-state index in [1.54, 1.807) is 14.2 Å². The van der Waals surface area contributed by atoms with Crippen LogP contribution in [0.5, 0.6) is 34.5 Å². The van der Waals surface area contributed by atoms with E-state index in [0.29, 0.717) is 0 Å². The fourth-order valence-electron chi connectivity index (χ4n) is 2.36. The lowest BCUT2D eigenvalue weighted by Gasteiger charge is -2.14. The molecule has 0 spiro atoms. The van der Waals surface area contributed by atoms with E-state index in [1.807, 2.05) is 73.7 Å². The summed E-state index contributed by atoms with van der Waals surface area (Å²) in [4.78, 5) is 0. The van der Waals surface area contributed by atoms with E-state index in [2.05, 4.69) is 0 Å². The van der Waals surface area contributed by atoms with Crippen molar-refractivity contribution in [2.75, 3.05) is 14.2 Å². The number of ether oxygens (including phenoxy) is 4. The fourth-order valence-corrected chi connectivity index (χ4v) is 2.36. The third-order valence-corrected chi connectivity index (χ3v) is 3.81. The molecule has 0 amide bonds. The summed E-state index contributed by atoms with van der Waals surface area (Å²) in [6, 6.07) is 20.7. The van der Waals surface area contributed by atoms with Crippen LogP contribution in [0.3, 0.4) is 0 Å². The second kappa shape index (κ2) is 7.62. The van der Waals surface area contributed by atoms with Crippen LogP contribution in [0.25, 0.3) is 0 Å². The van der Waals surface area contributed by atoms with Gasteiger partial charge in [0.2, 0.25) is 0 Å². The van der Waals surface area contributed by atoms with Gasteiger partial charge in [-0.25, -0.2) is 0 Å². The summed E-state index contributed by atoms with van der Waals surface area (Å²) in [5.41, 5.74) is 0.925. The zero-order valence-electron chi connectivity index (χ0n) is 14.5. The molecule has 0 heterocycles. The Bertz CT molecular complexity index is 756. The lowest BCUT2D eigenvalue weighted by atomic mass is 10.2. The molecule has 0 N–H and O–H groups in total. The number of methoxy groups -OCH3 is 2. The predicted octanol–water partition coefficient (Wildman–Crippen LogP) is 5.60. The van der Waals surface area contributed by atoms with Crippen LogP contribution >= 0.6 is 0 Å². The van der Waals surface area contributed by atoms with Gasteiger partial charge in [-0.2, -0.15) is 0 Å². The Morgan fingerprint density at radius 3 is 1.24 bits per heavy atom. The number of benzene rings is 3. The van der Waals surface area contributed by atoms with Gasteiger partial charge < -0.3 is 18.9 Å². The largest absolute Gasteiger partial charge is 0.497 e. The quantitative estimate of drug-likeness (QED) is 0.587. The first-order valence-electron chi connectivity index (χ1n) is 7.93. The van der Waals surface area contributed by atoms with E-state index in [4.69, 9.17) is 18.9 Å². The molecule has 0 unspecified atom stereocenters. The Balaban J connectivity index is 1.78. The van der Waals surface area contributed by atoms with Crippen molar-refractivity contribution in [2.24, 2.45) is 0 Å². The van der Waals surface area contributed by atoms with Crippen LogP contribution in [0.4, 0.5) is 0 Å². The van der Waals surface area contributed by atoms with Crippen molar-refractivity contribution in [3.05, 3.63) is 72.3 Å². The van der Waals surface area contributed by atoms with Crippen molar-refractivity contribution in [3.8, 4) is 34.5 Å². The minimum atomic E-state index is 0.741. The van der Waals surface area contributed by atoms with E-state index in [-0.39, 0.29) is 0 Å². The molecule has 0 saturated carbocycles. The highest BCUT2D eigenvalue weighted by Gasteiger charge is 2.09. The maximum atomic E-state index is 5.97. The number of hydrogen-bond acceptors (Lipinski definition) is 4. The molecular weight excluding hydrogens is 316 g/mol. The zero-order valence-corrected chi connectivity index (χ0v) is 14.5. The molecule has 0 aliphatic heterocycles. The van der Waals surface area contributed by atoms with Crippen LogP contribution in [-0.2, 0) is 0 Å². The maximum absolute atomic E-state index is 5.97. The van der Waals surface area contributed by atoms with Crippen molar-refractivity contribution in [1.29, 1.82) is 0 Å². The van der Waals surface area contributed by atoms with Crippen molar-refractivity contribution >= 4 is 0 Å². The second-order valence-electron chi connectivity index (χ2n) is 5.43. The minimum absolute atomic E-state index is 0.741. The summed E-state index contributed by atoms with van der Waals surface area (Å²) in [6.07, 6.45) is 0. The molecule has 0 radical (unpaired) electrons. The Morgan fingerprint density at radius 1 is 0.520 bits per heavy atom. The lowest BCUT2D eigenvalue weighted by molar-refractivity contribution is 0.411. The zero-order chi connectivity index (χ0) is 17.6. The molecule has 25 heavy (non-hydrogen) atoms. The highest BCUT2D eigenvalue weighted by Crippen LogP contribution is 2.34. The second-order valence-corrected chi connectivity index (χ2v) is 5.43. The van der Waals surface area contributed by atoms with Gasteiger partial charge in [0.15, 0.2) is 0 Å². The molecule has 3 aromatic carbocycles. The Morgan fingerprint density at radius 2 is 0.880 bits per heavy atom. The van der Waals surface area contributed by atoms with Crippen molar-refractivity contribution in [1.82, 2.24) is 0 Å². The van der Waals surface area contributed by atoms with Gasteiger partial charge in [-0.15, -0.1) is 0 Å². The highest BCUT2D eigenvalue weighted by atomic mass is 16.5. The molecule has 3 aromatic rings. The SMILES string of the molecule is COc1ccc(Oc2cccc(Oc3ccc(OC)cc3)c2C)cc1. The van der Waals surface area contributed by atoms with Crippen LogP contribution < -0.4 is 18.9 Å². The van der Waals surface area contributed by atoms with Gasteiger partial charge in [0, 0.05) is 5.56 Å². The average Bonchev–Trinajstić information content (AvgIpc) is 2.66. The number of hydrogen-bond donors (Lipinski definition) is 0. The van der Waals surface area contributed by atoms with Crippen LogP contribution in [0.1, 0.15) is 5.56 Å². The van der Waals surface area contributed by atoms with Crippen molar-refractivity contribution in [3.63, 3.8) is 0 Å². The highest BCUT2D eigenvalue weighted by molar-refractivity contribution is 5.48. The van der Waals surface area contributed by atoms with Gasteiger partial charge in [-0.1, -0.05) is 6.07 Å². The maximum Gasteiger partial charge on any atom is 0.134 e. The summed E-state index contributed by atoms with van der Waals surface area (Å²) in [6.45, 7) is 1.97. The van der Waals surface area contributed by atoms with E-state index >= 15 is 0 Å². The van der Waals surface area contributed by atoms with Gasteiger partial charge in [0.1, 0.15) is 34.5 Å². The molecule has 128 valence electrons. The monoisotopic (exact) mass is 336 g/mol. The number of rotatable bonds is 6. The molecule has 0 aromatic heterocycles. The first-order chi connectivity index (χ1) is 12.2. The summed E-state index contributed by atoms with van der Waals surface area (Å²) in [5.74, 6) is 4.56. The summed E-state index contributed by atoms with van der Waals surface area (Å²) >= 11 is 0. The van der Waals surface area contributed by atoms with Crippen LogP contribution in [0.15, 0.2) is 66.7 Å². The minimum Gasteiger partial charge on any atom is -0.497 e. The molecule has 0 aliphatic carbocycles. The molecule has 0 atom stereocenters. The molecule has 4 nitrogen and oxygen atoms in total. The van der Waals surface area contributed by atoms with Crippen LogP contribution in [0, 0.1) is 6.92 Å². The summed E-state index contributed by atoms with van der Waals surface area (Å²) < 4.78 is 22.3. The van der Waals surface area contributed by atoms with Gasteiger partial charge >= 0.3 is 0 Å². The van der Waals surface area contributed by atoms with Crippen molar-refractivity contribution < 1.29 is 18.9 Å². The van der Waals surface area contributed by atoms with E-state index in [0.717, 1.165) is 40.1 Å². The third kappa shape index (κ3) is 4.04. The normalized spacial score (nSPS) is 10.2. The van der Waals surface area contributed by atoms with Crippen LogP contribution in [-0.4, -0.2) is 14.2 Å². The lowest BCUT2D eigenvalue weighted by Crippen LogP contribution is -1.92. The molecule has 0 saturated heterocycles. The van der Waals surface area contributed by atoms with Gasteiger partial charge in [0.25, 0.3) is 0 Å². The predicted molar refractivity (Wildman–Crippen MR) is 97.3 cm³/mol. The van der Waals surface area contributed by atoms with Gasteiger partial charge in [-0.05, 0) is 67.6 Å². The molecular formula is C21H20O4.